The average Bonchev–Trinajstić information content (AvgIpc) is 2.75. The standard InChI is InChI=1S/C13H11ClN4S/c14-7-1-4-11-12(5-7)18-13(17-11)19-8-2-3-9(15)10(16)6-8/h1-6H,15-16H2,(H,17,18). The molecule has 4 nitrogen and oxygen atoms in total. The second-order valence-electron chi connectivity index (χ2n) is 4.10. The molecule has 0 fully saturated rings. The summed E-state index contributed by atoms with van der Waals surface area (Å²) in [6.07, 6.45) is 0. The Morgan fingerprint density at radius 2 is 1.89 bits per heavy atom. The number of aromatic nitrogens is 2. The number of nitrogens with two attached hydrogens (primary N) is 2. The highest BCUT2D eigenvalue weighted by Gasteiger charge is 2.06. The van der Waals surface area contributed by atoms with E-state index in [-0.39, 0.29) is 0 Å². The van der Waals surface area contributed by atoms with Crippen LogP contribution < -0.4 is 11.5 Å². The summed E-state index contributed by atoms with van der Waals surface area (Å²) in [4.78, 5) is 8.68. The fraction of sp³-hybridized carbons (Fsp3) is 0. The van der Waals surface area contributed by atoms with E-state index < -0.39 is 0 Å². The summed E-state index contributed by atoms with van der Waals surface area (Å²) < 4.78 is 0. The highest BCUT2D eigenvalue weighted by Crippen LogP contribution is 2.30. The van der Waals surface area contributed by atoms with E-state index in [0.29, 0.717) is 16.4 Å². The number of rotatable bonds is 2. The molecule has 3 rings (SSSR count). The summed E-state index contributed by atoms with van der Waals surface area (Å²) in [6, 6.07) is 11.1. The number of halogens is 1. The van der Waals surface area contributed by atoms with Crippen LogP contribution in [0.5, 0.6) is 0 Å². The van der Waals surface area contributed by atoms with Crippen LogP contribution in [0.25, 0.3) is 11.0 Å². The minimum Gasteiger partial charge on any atom is -0.397 e. The van der Waals surface area contributed by atoms with Crippen LogP contribution in [0.3, 0.4) is 0 Å². The van der Waals surface area contributed by atoms with Gasteiger partial charge in [0.1, 0.15) is 0 Å². The summed E-state index contributed by atoms with van der Waals surface area (Å²) in [6.45, 7) is 0. The lowest BCUT2D eigenvalue weighted by atomic mass is 10.3. The van der Waals surface area contributed by atoms with E-state index in [1.807, 2.05) is 30.3 Å². The smallest absolute Gasteiger partial charge is 0.171 e. The number of anilines is 2. The Balaban J connectivity index is 1.94. The second kappa shape index (κ2) is 4.68. The number of nitrogens with zero attached hydrogens (tertiary/aromatic N) is 1. The van der Waals surface area contributed by atoms with Gasteiger partial charge in [0.05, 0.1) is 22.4 Å². The number of nitrogen functional groups attached to an aromatic ring is 2. The number of hydrogen-bond acceptors (Lipinski definition) is 4. The molecule has 0 bridgehead atoms. The van der Waals surface area contributed by atoms with Gasteiger partial charge in [-0.1, -0.05) is 23.4 Å². The number of nitrogens with one attached hydrogen (secondary N) is 1. The van der Waals surface area contributed by atoms with Crippen molar-refractivity contribution in [1.82, 2.24) is 9.97 Å². The van der Waals surface area contributed by atoms with Gasteiger partial charge in [0.2, 0.25) is 0 Å². The molecule has 0 aliphatic carbocycles. The van der Waals surface area contributed by atoms with Crippen LogP contribution in [0, 0.1) is 0 Å². The largest absolute Gasteiger partial charge is 0.397 e. The minimum absolute atomic E-state index is 0.573. The van der Waals surface area contributed by atoms with Crippen LogP contribution in [-0.2, 0) is 0 Å². The molecule has 2 aromatic carbocycles. The van der Waals surface area contributed by atoms with Gasteiger partial charge in [-0.3, -0.25) is 0 Å². The van der Waals surface area contributed by atoms with E-state index in [1.165, 1.54) is 11.8 Å². The van der Waals surface area contributed by atoms with Gasteiger partial charge in [-0.2, -0.15) is 0 Å². The van der Waals surface area contributed by atoms with Crippen LogP contribution >= 0.6 is 23.4 Å². The maximum Gasteiger partial charge on any atom is 0.171 e. The molecule has 3 aromatic rings. The van der Waals surface area contributed by atoms with E-state index in [4.69, 9.17) is 23.1 Å². The first-order valence-electron chi connectivity index (χ1n) is 5.60. The molecule has 0 unspecified atom stereocenters. The molecule has 1 aromatic heterocycles. The zero-order chi connectivity index (χ0) is 13.4. The van der Waals surface area contributed by atoms with Gasteiger partial charge in [-0.25, -0.2) is 4.98 Å². The minimum atomic E-state index is 0.573. The lowest BCUT2D eigenvalue weighted by Crippen LogP contribution is -1.93. The molecule has 0 spiro atoms. The van der Waals surface area contributed by atoms with Gasteiger partial charge < -0.3 is 16.5 Å². The number of hydrogen-bond donors (Lipinski definition) is 3. The molecular weight excluding hydrogens is 280 g/mol. The highest BCUT2D eigenvalue weighted by molar-refractivity contribution is 7.99. The van der Waals surface area contributed by atoms with Gasteiger partial charge in [-0.15, -0.1) is 0 Å². The first-order valence-corrected chi connectivity index (χ1v) is 6.79. The van der Waals surface area contributed by atoms with Crippen molar-refractivity contribution in [3.05, 3.63) is 41.4 Å². The summed E-state index contributed by atoms with van der Waals surface area (Å²) in [5, 5.41) is 1.48. The molecular formula is C13H11ClN4S. The average molecular weight is 291 g/mol. The Morgan fingerprint density at radius 3 is 2.68 bits per heavy atom. The molecule has 0 saturated carbocycles. The summed E-state index contributed by atoms with van der Waals surface area (Å²) >= 11 is 7.44. The third-order valence-corrected chi connectivity index (χ3v) is 3.81. The molecule has 0 aliphatic rings. The molecule has 1 heterocycles. The fourth-order valence-electron chi connectivity index (χ4n) is 1.73. The van der Waals surface area contributed by atoms with Crippen LogP contribution in [-0.4, -0.2) is 9.97 Å². The van der Waals surface area contributed by atoms with E-state index >= 15 is 0 Å². The number of fused-ring (bicyclic) bond motifs is 1. The van der Waals surface area contributed by atoms with E-state index in [2.05, 4.69) is 9.97 Å². The number of imidazole rings is 1. The molecule has 0 saturated heterocycles. The Morgan fingerprint density at radius 1 is 1.05 bits per heavy atom. The van der Waals surface area contributed by atoms with Crippen LogP contribution in [0.2, 0.25) is 5.02 Å². The van der Waals surface area contributed by atoms with Crippen molar-refractivity contribution >= 4 is 45.8 Å². The second-order valence-corrected chi connectivity index (χ2v) is 5.59. The predicted molar refractivity (Wildman–Crippen MR) is 80.5 cm³/mol. The molecule has 0 radical (unpaired) electrons. The quantitative estimate of drug-likeness (QED) is 0.631. The van der Waals surface area contributed by atoms with Crippen molar-refractivity contribution in [2.75, 3.05) is 11.5 Å². The Bertz CT molecular complexity index is 753. The monoisotopic (exact) mass is 290 g/mol. The van der Waals surface area contributed by atoms with Gasteiger partial charge in [0, 0.05) is 9.92 Å². The zero-order valence-corrected chi connectivity index (χ0v) is 11.4. The summed E-state index contributed by atoms with van der Waals surface area (Å²) in [7, 11) is 0. The van der Waals surface area contributed by atoms with Crippen LogP contribution in [0.4, 0.5) is 11.4 Å². The fourth-order valence-corrected chi connectivity index (χ4v) is 2.76. The zero-order valence-electron chi connectivity index (χ0n) is 9.85. The maximum absolute atomic E-state index is 5.94. The molecule has 0 aliphatic heterocycles. The number of benzene rings is 2. The number of aromatic amines is 1. The van der Waals surface area contributed by atoms with Crippen molar-refractivity contribution < 1.29 is 0 Å². The van der Waals surface area contributed by atoms with E-state index in [0.717, 1.165) is 21.1 Å². The number of H-pyrrole nitrogens is 1. The molecule has 6 heteroatoms. The maximum atomic E-state index is 5.94. The van der Waals surface area contributed by atoms with Crippen LogP contribution in [0.15, 0.2) is 46.5 Å². The van der Waals surface area contributed by atoms with Crippen molar-refractivity contribution in [3.63, 3.8) is 0 Å². The summed E-state index contributed by atoms with van der Waals surface area (Å²) in [5.74, 6) is 0. The van der Waals surface area contributed by atoms with Crippen LogP contribution in [0.1, 0.15) is 0 Å². The lowest BCUT2D eigenvalue weighted by molar-refractivity contribution is 1.08. The molecule has 0 amide bonds. The third-order valence-electron chi connectivity index (χ3n) is 2.69. The van der Waals surface area contributed by atoms with Gasteiger partial charge >= 0.3 is 0 Å². The normalized spacial score (nSPS) is 11.0. The molecule has 96 valence electrons. The van der Waals surface area contributed by atoms with Crippen molar-refractivity contribution in [2.45, 2.75) is 10.1 Å². The van der Waals surface area contributed by atoms with Crippen molar-refractivity contribution in [1.29, 1.82) is 0 Å². The van der Waals surface area contributed by atoms with E-state index in [9.17, 15) is 0 Å². The Kier molecular flexibility index (Phi) is 3.00. The van der Waals surface area contributed by atoms with Gasteiger partial charge in [0.25, 0.3) is 0 Å². The summed E-state index contributed by atoms with van der Waals surface area (Å²) in [5.41, 5.74) is 14.4. The van der Waals surface area contributed by atoms with Crippen molar-refractivity contribution in [2.24, 2.45) is 0 Å². The van der Waals surface area contributed by atoms with Gasteiger partial charge in [0.15, 0.2) is 5.16 Å². The first kappa shape index (κ1) is 12.2. The topological polar surface area (TPSA) is 80.7 Å². The van der Waals surface area contributed by atoms with E-state index in [1.54, 1.807) is 6.07 Å². The predicted octanol–water partition coefficient (Wildman–Crippen LogP) is 3.53. The Labute approximate surface area is 119 Å². The lowest BCUT2D eigenvalue weighted by Gasteiger charge is -2.02. The Hall–Kier alpha value is -1.85. The molecule has 0 atom stereocenters. The van der Waals surface area contributed by atoms with Gasteiger partial charge in [-0.05, 0) is 36.4 Å². The highest BCUT2D eigenvalue weighted by atomic mass is 35.5. The SMILES string of the molecule is Nc1ccc(Sc2nc3ccc(Cl)cc3[nH]2)cc1N. The third kappa shape index (κ3) is 2.47. The first-order chi connectivity index (χ1) is 9.11. The molecule has 19 heavy (non-hydrogen) atoms. The molecule has 5 N–H and O–H groups in total. The van der Waals surface area contributed by atoms with Crippen molar-refractivity contribution in [3.8, 4) is 0 Å².